The van der Waals surface area contributed by atoms with E-state index in [1.165, 1.54) is 0 Å². The Morgan fingerprint density at radius 1 is 1.25 bits per heavy atom. The summed E-state index contributed by atoms with van der Waals surface area (Å²) in [6, 6.07) is 6.15. The Balaban J connectivity index is 2.00. The summed E-state index contributed by atoms with van der Waals surface area (Å²) in [4.78, 5) is 35.4. The molecule has 0 radical (unpaired) electrons. The van der Waals surface area contributed by atoms with E-state index in [1.807, 2.05) is 0 Å². The number of hydrogen-bond acceptors (Lipinski definition) is 4. The van der Waals surface area contributed by atoms with Crippen LogP contribution < -0.4 is 10.6 Å². The molecular formula is C13H15N3O4. The Labute approximate surface area is 115 Å². The lowest BCUT2D eigenvalue weighted by Gasteiger charge is -2.25. The number of benzene rings is 1. The van der Waals surface area contributed by atoms with Crippen LogP contribution >= 0.6 is 0 Å². The second kappa shape index (κ2) is 5.70. The molecule has 0 bridgehead atoms. The summed E-state index contributed by atoms with van der Waals surface area (Å²) < 4.78 is 0. The van der Waals surface area contributed by atoms with Crippen molar-refractivity contribution in [2.45, 2.75) is 13.0 Å². The largest absolute Gasteiger partial charge is 0.389 e. The first-order valence-corrected chi connectivity index (χ1v) is 6.12. The second-order valence-electron chi connectivity index (χ2n) is 4.56. The van der Waals surface area contributed by atoms with E-state index in [2.05, 4.69) is 10.6 Å². The molecular weight excluding hydrogens is 262 g/mol. The Hall–Kier alpha value is -2.41. The van der Waals surface area contributed by atoms with Gasteiger partial charge in [-0.1, -0.05) is 12.1 Å². The van der Waals surface area contributed by atoms with Crippen molar-refractivity contribution in [3.8, 4) is 0 Å². The van der Waals surface area contributed by atoms with Gasteiger partial charge in [0, 0.05) is 5.69 Å². The van der Waals surface area contributed by atoms with Gasteiger partial charge in [-0.25, -0.2) is 4.79 Å². The van der Waals surface area contributed by atoms with Gasteiger partial charge >= 0.3 is 6.03 Å². The zero-order valence-corrected chi connectivity index (χ0v) is 10.9. The van der Waals surface area contributed by atoms with Crippen LogP contribution in [0, 0.1) is 0 Å². The number of anilines is 1. The molecule has 0 aromatic heterocycles. The van der Waals surface area contributed by atoms with Gasteiger partial charge < -0.3 is 15.3 Å². The number of carbonyl (C=O) groups is 3. The third-order valence-electron chi connectivity index (χ3n) is 2.88. The van der Waals surface area contributed by atoms with Crippen molar-refractivity contribution in [1.29, 1.82) is 0 Å². The molecule has 20 heavy (non-hydrogen) atoms. The summed E-state index contributed by atoms with van der Waals surface area (Å²) in [5.41, 5.74) is 1.26. The van der Waals surface area contributed by atoms with Crippen molar-refractivity contribution in [2.75, 3.05) is 18.4 Å². The first-order chi connectivity index (χ1) is 9.45. The Bertz CT molecular complexity index is 523. The van der Waals surface area contributed by atoms with Gasteiger partial charge in [0.2, 0.25) is 11.8 Å². The van der Waals surface area contributed by atoms with Crippen molar-refractivity contribution in [2.24, 2.45) is 0 Å². The molecule has 1 unspecified atom stereocenters. The molecule has 7 nitrogen and oxygen atoms in total. The first-order valence-electron chi connectivity index (χ1n) is 6.12. The molecule has 1 aliphatic rings. The van der Waals surface area contributed by atoms with Crippen LogP contribution in [0.4, 0.5) is 10.5 Å². The number of aliphatic hydroxyl groups is 1. The lowest BCUT2D eigenvalue weighted by atomic mass is 10.1. The van der Waals surface area contributed by atoms with E-state index in [1.54, 1.807) is 31.2 Å². The van der Waals surface area contributed by atoms with Gasteiger partial charge in [-0.3, -0.25) is 14.9 Å². The Morgan fingerprint density at radius 2 is 1.80 bits per heavy atom. The number of rotatable bonds is 2. The molecule has 2 rings (SSSR count). The van der Waals surface area contributed by atoms with Gasteiger partial charge in [0.15, 0.2) is 0 Å². The number of hydrogen-bond donors (Lipinski definition) is 3. The Morgan fingerprint density at radius 3 is 2.30 bits per heavy atom. The van der Waals surface area contributed by atoms with E-state index in [9.17, 15) is 19.5 Å². The average Bonchev–Trinajstić information content (AvgIpc) is 2.38. The molecule has 1 atom stereocenters. The molecule has 1 aromatic carbocycles. The van der Waals surface area contributed by atoms with Crippen LogP contribution in [0.25, 0.3) is 0 Å². The van der Waals surface area contributed by atoms with E-state index in [0.717, 1.165) is 10.5 Å². The van der Waals surface area contributed by atoms with Crippen LogP contribution in [0.15, 0.2) is 24.3 Å². The molecule has 106 valence electrons. The predicted octanol–water partition coefficient (Wildman–Crippen LogP) is 0.230. The number of piperazine rings is 1. The number of carbonyl (C=O) groups excluding carboxylic acids is 3. The van der Waals surface area contributed by atoms with Gasteiger partial charge in [-0.2, -0.15) is 0 Å². The molecule has 3 N–H and O–H groups in total. The maximum Gasteiger partial charge on any atom is 0.322 e. The quantitative estimate of drug-likeness (QED) is 0.674. The van der Waals surface area contributed by atoms with E-state index in [0.29, 0.717) is 5.69 Å². The standard InChI is InChI=1S/C13H15N3O4/c1-8(17)9-2-4-10(5-3-9)14-13(20)16-6-11(18)15-12(19)7-16/h2-5,8,17H,6-7H2,1H3,(H,14,20)(H,15,18,19). The molecule has 1 aliphatic heterocycles. The number of amides is 4. The van der Waals surface area contributed by atoms with Crippen molar-refractivity contribution in [1.82, 2.24) is 10.2 Å². The highest BCUT2D eigenvalue weighted by Crippen LogP contribution is 2.16. The van der Waals surface area contributed by atoms with Crippen LogP contribution in [0.2, 0.25) is 0 Å². The van der Waals surface area contributed by atoms with Gasteiger partial charge in [0.05, 0.1) is 6.10 Å². The predicted molar refractivity (Wildman–Crippen MR) is 70.8 cm³/mol. The molecule has 4 amide bonds. The zero-order valence-electron chi connectivity index (χ0n) is 10.9. The van der Waals surface area contributed by atoms with Crippen LogP contribution in [0.1, 0.15) is 18.6 Å². The number of urea groups is 1. The average molecular weight is 277 g/mol. The molecule has 1 heterocycles. The van der Waals surface area contributed by atoms with Gasteiger partial charge in [0.25, 0.3) is 0 Å². The zero-order chi connectivity index (χ0) is 14.7. The summed E-state index contributed by atoms with van der Waals surface area (Å²) in [6.45, 7) is 1.35. The highest BCUT2D eigenvalue weighted by molar-refractivity contribution is 6.04. The number of imide groups is 1. The number of aliphatic hydroxyl groups excluding tert-OH is 1. The van der Waals surface area contributed by atoms with Crippen molar-refractivity contribution < 1.29 is 19.5 Å². The lowest BCUT2D eigenvalue weighted by molar-refractivity contribution is -0.134. The van der Waals surface area contributed by atoms with Crippen LogP contribution in [0.5, 0.6) is 0 Å². The highest BCUT2D eigenvalue weighted by atomic mass is 16.3. The van der Waals surface area contributed by atoms with Crippen molar-refractivity contribution >= 4 is 23.5 Å². The molecule has 1 fully saturated rings. The normalized spacial score (nSPS) is 16.6. The minimum absolute atomic E-state index is 0.149. The maximum absolute atomic E-state index is 11.9. The SMILES string of the molecule is CC(O)c1ccc(NC(=O)N2CC(=O)NC(=O)C2)cc1. The molecule has 0 aliphatic carbocycles. The van der Waals surface area contributed by atoms with Crippen LogP contribution in [-0.2, 0) is 9.59 Å². The molecule has 0 spiro atoms. The summed E-state index contributed by atoms with van der Waals surface area (Å²) >= 11 is 0. The number of nitrogens with one attached hydrogen (secondary N) is 2. The van der Waals surface area contributed by atoms with E-state index >= 15 is 0 Å². The fourth-order valence-electron chi connectivity index (χ4n) is 1.83. The summed E-state index contributed by atoms with van der Waals surface area (Å²) in [5.74, 6) is -0.998. The third-order valence-corrected chi connectivity index (χ3v) is 2.88. The molecule has 1 aromatic rings. The van der Waals surface area contributed by atoms with Gasteiger partial charge in [0.1, 0.15) is 13.1 Å². The van der Waals surface area contributed by atoms with E-state index in [-0.39, 0.29) is 13.1 Å². The van der Waals surface area contributed by atoms with Crippen LogP contribution in [-0.4, -0.2) is 40.9 Å². The van der Waals surface area contributed by atoms with Crippen LogP contribution in [0.3, 0.4) is 0 Å². The molecule has 0 saturated carbocycles. The monoisotopic (exact) mass is 277 g/mol. The Kier molecular flexibility index (Phi) is 3.99. The number of nitrogens with zero attached hydrogens (tertiary/aromatic N) is 1. The minimum Gasteiger partial charge on any atom is -0.389 e. The molecule has 7 heteroatoms. The first kappa shape index (κ1) is 14.0. The summed E-state index contributed by atoms with van der Waals surface area (Å²) in [5, 5.41) is 14.1. The van der Waals surface area contributed by atoms with Gasteiger partial charge in [-0.05, 0) is 24.6 Å². The van der Waals surface area contributed by atoms with Crippen molar-refractivity contribution in [3.63, 3.8) is 0 Å². The second-order valence-corrected chi connectivity index (χ2v) is 4.56. The van der Waals surface area contributed by atoms with Crippen molar-refractivity contribution in [3.05, 3.63) is 29.8 Å². The van der Waals surface area contributed by atoms with E-state index in [4.69, 9.17) is 0 Å². The lowest BCUT2D eigenvalue weighted by Crippen LogP contribution is -2.54. The van der Waals surface area contributed by atoms with E-state index < -0.39 is 23.9 Å². The fraction of sp³-hybridized carbons (Fsp3) is 0.308. The summed E-state index contributed by atoms with van der Waals surface area (Å²) in [6.07, 6.45) is -0.580. The highest BCUT2D eigenvalue weighted by Gasteiger charge is 2.26. The van der Waals surface area contributed by atoms with Gasteiger partial charge in [-0.15, -0.1) is 0 Å². The smallest absolute Gasteiger partial charge is 0.322 e. The summed E-state index contributed by atoms with van der Waals surface area (Å²) in [7, 11) is 0. The third kappa shape index (κ3) is 3.33. The topological polar surface area (TPSA) is 98.7 Å². The fourth-order valence-corrected chi connectivity index (χ4v) is 1.83. The minimum atomic E-state index is -0.580. The molecule has 1 saturated heterocycles. The maximum atomic E-state index is 11.9.